The molecule has 1 aliphatic heterocycles. The van der Waals surface area contributed by atoms with E-state index < -0.39 is 42.3 Å². The number of carbonyl (C=O) groups excluding carboxylic acids is 3. The molecule has 0 radical (unpaired) electrons. The predicted octanol–water partition coefficient (Wildman–Crippen LogP) is 4.52. The van der Waals surface area contributed by atoms with E-state index in [1.54, 1.807) is 36.1 Å². The van der Waals surface area contributed by atoms with Gasteiger partial charge in [0.1, 0.15) is 5.75 Å². The van der Waals surface area contributed by atoms with Crippen LogP contribution in [0, 0.1) is 12.8 Å². The zero-order chi connectivity index (χ0) is 32.7. The van der Waals surface area contributed by atoms with Gasteiger partial charge in [0, 0.05) is 17.9 Å². The number of hydrogen-bond acceptors (Lipinski definition) is 6. The molecule has 1 atom stereocenters. The Morgan fingerprint density at radius 1 is 0.933 bits per heavy atom. The summed E-state index contributed by atoms with van der Waals surface area (Å²) in [5, 5.41) is 26.4. The van der Waals surface area contributed by atoms with Gasteiger partial charge in [0.15, 0.2) is 5.92 Å². The van der Waals surface area contributed by atoms with Crippen LogP contribution < -0.4 is 25.6 Å². The molecule has 0 bridgehead atoms. The van der Waals surface area contributed by atoms with Crippen LogP contribution in [0.25, 0.3) is 0 Å². The Kier molecular flexibility index (Phi) is 10.4. The highest BCUT2D eigenvalue weighted by molar-refractivity contribution is 6.01. The summed E-state index contributed by atoms with van der Waals surface area (Å²) in [5.41, 5.74) is 5.23. The average molecular weight is 617 g/mol. The lowest BCUT2D eigenvalue weighted by Gasteiger charge is -2.30. The third-order valence-electron chi connectivity index (χ3n) is 7.65. The second-order valence-electron chi connectivity index (χ2n) is 10.9. The molecule has 0 saturated heterocycles. The lowest BCUT2D eigenvalue weighted by molar-refractivity contribution is -0.156. The minimum Gasteiger partial charge on any atom is -0.495 e. The fourth-order valence-electron chi connectivity index (χ4n) is 5.20. The molecule has 12 heteroatoms. The predicted molar refractivity (Wildman–Crippen MR) is 168 cm³/mol. The number of rotatable bonds is 11. The van der Waals surface area contributed by atoms with Crippen molar-refractivity contribution in [1.29, 1.82) is 0 Å². The minimum absolute atomic E-state index is 0.105. The molecular weight excluding hydrogens is 580 g/mol. The number of para-hydroxylation sites is 1. The quantitative estimate of drug-likeness (QED) is 0.196. The number of ether oxygens (including phenoxy) is 1. The molecule has 0 saturated carbocycles. The Labute approximate surface area is 260 Å². The highest BCUT2D eigenvalue weighted by Crippen LogP contribution is 2.32. The van der Waals surface area contributed by atoms with E-state index in [1.165, 1.54) is 7.11 Å². The summed E-state index contributed by atoms with van der Waals surface area (Å²) in [6.45, 7) is 4.16. The fraction of sp³-hybridized carbons (Fsp3) is 0.303. The summed E-state index contributed by atoms with van der Waals surface area (Å²) in [7, 11) is 1.49. The maximum atomic E-state index is 13.5. The van der Waals surface area contributed by atoms with E-state index in [2.05, 4.69) is 16.0 Å². The lowest BCUT2D eigenvalue weighted by atomic mass is 9.96. The number of carboxylic acid groups (broad SMARTS) is 2. The summed E-state index contributed by atoms with van der Waals surface area (Å²) in [4.78, 5) is 62.4. The molecule has 1 unspecified atom stereocenters. The van der Waals surface area contributed by atoms with Crippen LogP contribution in [0.3, 0.4) is 0 Å². The monoisotopic (exact) mass is 616 g/mol. The molecule has 1 heterocycles. The molecule has 3 aromatic rings. The Hall–Kier alpha value is -5.39. The summed E-state index contributed by atoms with van der Waals surface area (Å²) in [6, 6.07) is 17.2. The maximum Gasteiger partial charge on any atom is 0.323 e. The van der Waals surface area contributed by atoms with Gasteiger partial charge in [0.25, 0.3) is 0 Å². The van der Waals surface area contributed by atoms with Crippen molar-refractivity contribution < 1.29 is 38.9 Å². The van der Waals surface area contributed by atoms with E-state index in [9.17, 15) is 24.0 Å². The van der Waals surface area contributed by atoms with Gasteiger partial charge in [-0.15, -0.1) is 0 Å². The number of hydrogen-bond donors (Lipinski definition) is 5. The summed E-state index contributed by atoms with van der Waals surface area (Å²) < 4.78 is 5.50. The number of methoxy groups -OCH3 is 1. The first-order valence-corrected chi connectivity index (χ1v) is 14.5. The van der Waals surface area contributed by atoms with Gasteiger partial charge in [-0.3, -0.25) is 19.2 Å². The van der Waals surface area contributed by atoms with Crippen LogP contribution in [0.5, 0.6) is 5.75 Å². The van der Waals surface area contributed by atoms with E-state index in [1.807, 2.05) is 43.3 Å². The highest BCUT2D eigenvalue weighted by Gasteiger charge is 2.29. The molecule has 0 aromatic heterocycles. The number of nitrogens with one attached hydrogen (secondary N) is 3. The van der Waals surface area contributed by atoms with Gasteiger partial charge in [-0.05, 0) is 73.2 Å². The van der Waals surface area contributed by atoms with E-state index in [-0.39, 0.29) is 12.3 Å². The summed E-state index contributed by atoms with van der Waals surface area (Å²) in [6.07, 6.45) is 0.898. The van der Waals surface area contributed by atoms with Crippen molar-refractivity contribution in [2.24, 2.45) is 5.92 Å². The smallest absolute Gasteiger partial charge is 0.323 e. The van der Waals surface area contributed by atoms with Gasteiger partial charge in [0.2, 0.25) is 11.8 Å². The van der Waals surface area contributed by atoms with Crippen molar-refractivity contribution in [3.05, 3.63) is 82.9 Å². The van der Waals surface area contributed by atoms with Crippen molar-refractivity contribution in [3.63, 3.8) is 0 Å². The summed E-state index contributed by atoms with van der Waals surface area (Å²) in [5.74, 6) is -5.35. The highest BCUT2D eigenvalue weighted by atomic mass is 16.5. The first kappa shape index (κ1) is 32.5. The minimum atomic E-state index is -1.82. The molecule has 4 rings (SSSR count). The molecular formula is C33H36N4O8. The Morgan fingerprint density at radius 3 is 2.33 bits per heavy atom. The molecule has 5 N–H and O–H groups in total. The van der Waals surface area contributed by atoms with Gasteiger partial charge in [-0.1, -0.05) is 36.4 Å². The van der Waals surface area contributed by atoms with Crippen molar-refractivity contribution in [2.45, 2.75) is 45.6 Å². The molecule has 45 heavy (non-hydrogen) atoms. The molecule has 12 nitrogen and oxygen atoms in total. The van der Waals surface area contributed by atoms with Gasteiger partial charge >= 0.3 is 18.0 Å². The van der Waals surface area contributed by atoms with Crippen LogP contribution >= 0.6 is 0 Å². The number of aliphatic carboxylic acids is 2. The van der Waals surface area contributed by atoms with E-state index in [4.69, 9.17) is 14.9 Å². The van der Waals surface area contributed by atoms with Crippen LogP contribution in [0.1, 0.15) is 48.1 Å². The second kappa shape index (κ2) is 14.4. The van der Waals surface area contributed by atoms with E-state index in [0.717, 1.165) is 35.2 Å². The normalized spacial score (nSPS) is 12.9. The fourth-order valence-corrected chi connectivity index (χ4v) is 5.20. The number of carboxylic acids is 2. The molecule has 3 aromatic carbocycles. The lowest BCUT2D eigenvalue weighted by Crippen LogP contribution is -2.37. The summed E-state index contributed by atoms with van der Waals surface area (Å²) >= 11 is 0. The SMILES string of the molecule is COc1cc(CC(=O)N2CCCc3cc(C(C)NC(=O)CC(C(=O)O)C(=O)O)ccc32)ccc1NC(=O)Nc1ccccc1C. The number of nitrogens with zero attached hydrogens (tertiary/aromatic N) is 1. The van der Waals surface area contributed by atoms with E-state index >= 15 is 0 Å². The number of carbonyl (C=O) groups is 5. The standard InChI is InChI=1S/C33H36N4O8/c1-19-7-4-5-9-25(19)35-33(44)36-26-12-10-21(15-28(26)45-3)16-30(39)37-14-6-8-23-17-22(11-13-27(23)37)20(2)34-29(38)18-24(31(40)41)32(42)43/h4-5,7,9-13,15,17,20,24H,6,8,14,16,18H2,1-3H3,(H,34,38)(H,40,41)(H,42,43)(H2,35,36,44). The number of urea groups is 1. The van der Waals surface area contributed by atoms with Gasteiger partial charge in [-0.2, -0.15) is 0 Å². The van der Waals surface area contributed by atoms with Crippen LogP contribution in [-0.2, 0) is 32.0 Å². The number of amides is 4. The topological polar surface area (TPSA) is 174 Å². The molecule has 0 spiro atoms. The van der Waals surface area contributed by atoms with Crippen molar-refractivity contribution in [2.75, 3.05) is 29.2 Å². The van der Waals surface area contributed by atoms with Crippen molar-refractivity contribution >= 4 is 46.8 Å². The number of fused-ring (bicyclic) bond motifs is 1. The zero-order valence-corrected chi connectivity index (χ0v) is 25.3. The van der Waals surface area contributed by atoms with Crippen molar-refractivity contribution in [3.8, 4) is 5.75 Å². The first-order chi connectivity index (χ1) is 21.5. The molecule has 0 aliphatic carbocycles. The Balaban J connectivity index is 1.41. The average Bonchev–Trinajstić information content (AvgIpc) is 3.00. The Bertz CT molecular complexity index is 1610. The van der Waals surface area contributed by atoms with Gasteiger partial charge in [0.05, 0.1) is 31.7 Å². The van der Waals surface area contributed by atoms with Crippen molar-refractivity contribution in [1.82, 2.24) is 5.32 Å². The molecule has 0 fully saturated rings. The van der Waals surface area contributed by atoms with Gasteiger partial charge < -0.3 is 35.8 Å². The third kappa shape index (κ3) is 8.17. The van der Waals surface area contributed by atoms with Crippen LogP contribution in [0.15, 0.2) is 60.7 Å². The van der Waals surface area contributed by atoms with Crippen LogP contribution in [-0.4, -0.2) is 53.7 Å². The van der Waals surface area contributed by atoms with Crippen LogP contribution in [0.4, 0.5) is 21.9 Å². The molecule has 236 valence electrons. The molecule has 4 amide bonds. The van der Waals surface area contributed by atoms with E-state index in [0.29, 0.717) is 29.2 Å². The van der Waals surface area contributed by atoms with Crippen LogP contribution in [0.2, 0.25) is 0 Å². The maximum absolute atomic E-state index is 13.5. The largest absolute Gasteiger partial charge is 0.495 e. The Morgan fingerprint density at radius 2 is 1.64 bits per heavy atom. The van der Waals surface area contributed by atoms with Gasteiger partial charge in [-0.25, -0.2) is 4.79 Å². The number of anilines is 3. The second-order valence-corrected chi connectivity index (χ2v) is 10.9. The number of aryl methyl sites for hydroxylation is 2. The first-order valence-electron chi connectivity index (χ1n) is 14.5. The number of benzene rings is 3. The third-order valence-corrected chi connectivity index (χ3v) is 7.65. The zero-order valence-electron chi connectivity index (χ0n) is 25.3. The molecule has 1 aliphatic rings.